The summed E-state index contributed by atoms with van der Waals surface area (Å²) < 4.78 is 5.27. The van der Waals surface area contributed by atoms with Gasteiger partial charge in [0.25, 0.3) is 0 Å². The van der Waals surface area contributed by atoms with Crippen molar-refractivity contribution in [3.8, 4) is 17.0 Å². The Morgan fingerprint density at radius 2 is 1.69 bits per heavy atom. The zero-order valence-electron chi connectivity index (χ0n) is 18.0. The van der Waals surface area contributed by atoms with E-state index in [4.69, 9.17) is 4.74 Å². The number of rotatable bonds is 6. The number of hydrogen-bond donors (Lipinski definition) is 2. The fourth-order valence-corrected chi connectivity index (χ4v) is 4.12. The smallest absolute Gasteiger partial charge is 0.233 e. The molecular formula is C25H23N3O3S. The number of benzene rings is 3. The number of ether oxygens (including phenoxy) is 1. The molecule has 162 valence electrons. The van der Waals surface area contributed by atoms with E-state index in [1.165, 1.54) is 18.3 Å². The molecule has 0 radical (unpaired) electrons. The molecule has 1 unspecified atom stereocenters. The van der Waals surface area contributed by atoms with Crippen LogP contribution < -0.4 is 15.4 Å². The average Bonchev–Trinajstić information content (AvgIpc) is 3.26. The van der Waals surface area contributed by atoms with E-state index >= 15 is 0 Å². The third-order valence-electron chi connectivity index (χ3n) is 5.20. The number of carbonyl (C=O) groups excluding carboxylic acids is 2. The van der Waals surface area contributed by atoms with E-state index in [1.807, 2.05) is 73.0 Å². The molecule has 4 rings (SSSR count). The highest BCUT2D eigenvalue weighted by Crippen LogP contribution is 2.29. The van der Waals surface area contributed by atoms with E-state index in [0.29, 0.717) is 5.13 Å². The normalized spacial score (nSPS) is 11.7. The van der Waals surface area contributed by atoms with E-state index < -0.39 is 0 Å². The molecule has 1 atom stereocenters. The lowest BCUT2D eigenvalue weighted by atomic mass is 9.97. The molecule has 0 aliphatic rings. The van der Waals surface area contributed by atoms with Crippen molar-refractivity contribution in [1.29, 1.82) is 0 Å². The van der Waals surface area contributed by atoms with Crippen molar-refractivity contribution in [3.63, 3.8) is 0 Å². The Bertz CT molecular complexity index is 1280. The van der Waals surface area contributed by atoms with Crippen LogP contribution in [0.25, 0.3) is 22.0 Å². The summed E-state index contributed by atoms with van der Waals surface area (Å²) in [6.07, 6.45) is 0. The van der Waals surface area contributed by atoms with Gasteiger partial charge in [0.2, 0.25) is 11.8 Å². The van der Waals surface area contributed by atoms with Gasteiger partial charge in [-0.25, -0.2) is 4.98 Å². The second-order valence-corrected chi connectivity index (χ2v) is 8.34. The number of thiazole rings is 1. The molecule has 1 aromatic heterocycles. The monoisotopic (exact) mass is 445 g/mol. The van der Waals surface area contributed by atoms with Crippen LogP contribution in [-0.4, -0.2) is 23.9 Å². The van der Waals surface area contributed by atoms with Crippen LogP contribution in [0.1, 0.15) is 25.3 Å². The Morgan fingerprint density at radius 3 is 2.41 bits per heavy atom. The lowest BCUT2D eigenvalue weighted by molar-refractivity contribution is -0.117. The van der Waals surface area contributed by atoms with E-state index in [0.717, 1.165) is 39.0 Å². The van der Waals surface area contributed by atoms with Crippen LogP contribution in [0.4, 0.5) is 10.8 Å². The second-order valence-electron chi connectivity index (χ2n) is 7.48. The number of amides is 2. The molecule has 0 bridgehead atoms. The molecule has 3 aromatic carbocycles. The fourth-order valence-electron chi connectivity index (χ4n) is 3.39. The lowest BCUT2D eigenvalue weighted by Gasteiger charge is -2.12. The Labute approximate surface area is 190 Å². The molecule has 32 heavy (non-hydrogen) atoms. The van der Waals surface area contributed by atoms with E-state index in [2.05, 4.69) is 15.6 Å². The molecular weight excluding hydrogens is 422 g/mol. The average molecular weight is 446 g/mol. The van der Waals surface area contributed by atoms with E-state index in [-0.39, 0.29) is 17.7 Å². The van der Waals surface area contributed by atoms with Gasteiger partial charge in [0, 0.05) is 23.6 Å². The van der Waals surface area contributed by atoms with Crippen molar-refractivity contribution >= 4 is 44.7 Å². The molecule has 0 saturated heterocycles. The zero-order valence-corrected chi connectivity index (χ0v) is 18.8. The Balaban J connectivity index is 1.45. The number of nitrogens with zero attached hydrogens (tertiary/aromatic N) is 1. The largest absolute Gasteiger partial charge is 0.497 e. The van der Waals surface area contributed by atoms with Crippen molar-refractivity contribution in [2.24, 2.45) is 0 Å². The van der Waals surface area contributed by atoms with E-state index in [1.54, 1.807) is 7.11 Å². The van der Waals surface area contributed by atoms with Crippen LogP contribution in [0.3, 0.4) is 0 Å². The molecule has 1 heterocycles. The van der Waals surface area contributed by atoms with Crippen molar-refractivity contribution in [3.05, 3.63) is 71.6 Å². The highest BCUT2D eigenvalue weighted by molar-refractivity contribution is 7.14. The van der Waals surface area contributed by atoms with Crippen molar-refractivity contribution in [2.45, 2.75) is 19.8 Å². The molecule has 0 spiro atoms. The van der Waals surface area contributed by atoms with Gasteiger partial charge in [-0.3, -0.25) is 9.59 Å². The summed E-state index contributed by atoms with van der Waals surface area (Å²) in [5, 5.41) is 10.2. The van der Waals surface area contributed by atoms with Crippen LogP contribution in [0.2, 0.25) is 0 Å². The molecule has 0 saturated carbocycles. The molecule has 2 amide bonds. The predicted molar refractivity (Wildman–Crippen MR) is 129 cm³/mol. The number of carbonyl (C=O) groups is 2. The van der Waals surface area contributed by atoms with Crippen LogP contribution in [0.5, 0.6) is 5.75 Å². The van der Waals surface area contributed by atoms with Gasteiger partial charge in [-0.1, -0.05) is 36.4 Å². The Morgan fingerprint density at radius 1 is 0.969 bits per heavy atom. The minimum absolute atomic E-state index is 0.111. The Kier molecular flexibility index (Phi) is 6.18. The van der Waals surface area contributed by atoms with Gasteiger partial charge in [-0.2, -0.15) is 0 Å². The maximum atomic E-state index is 12.8. The minimum atomic E-state index is -0.328. The first-order valence-corrected chi connectivity index (χ1v) is 11.0. The highest BCUT2D eigenvalue weighted by atomic mass is 32.1. The van der Waals surface area contributed by atoms with Crippen LogP contribution in [0, 0.1) is 0 Å². The number of aromatic nitrogens is 1. The quantitative estimate of drug-likeness (QED) is 0.401. The van der Waals surface area contributed by atoms with Crippen LogP contribution in [-0.2, 0) is 9.59 Å². The summed E-state index contributed by atoms with van der Waals surface area (Å²) >= 11 is 1.38. The SMILES string of the molecule is COc1ccc2cc(C(C)C(=O)Nc3nc(-c4ccc(NC(C)=O)cc4)cs3)ccc2c1. The number of hydrogen-bond acceptors (Lipinski definition) is 5. The minimum Gasteiger partial charge on any atom is -0.497 e. The van der Waals surface area contributed by atoms with Gasteiger partial charge in [-0.15, -0.1) is 11.3 Å². The number of nitrogens with one attached hydrogen (secondary N) is 2. The van der Waals surface area contributed by atoms with E-state index in [9.17, 15) is 9.59 Å². The number of anilines is 2. The third kappa shape index (κ3) is 4.78. The standard InChI is InChI=1S/C25H23N3O3S/c1-15(18-4-5-20-13-22(31-3)11-8-19(20)12-18)24(30)28-25-27-23(14-32-25)17-6-9-21(10-7-17)26-16(2)29/h4-15H,1-3H3,(H,26,29)(H,27,28,30). The molecule has 0 aliphatic heterocycles. The molecule has 7 heteroatoms. The number of methoxy groups -OCH3 is 1. The van der Waals surface area contributed by atoms with Crippen molar-refractivity contribution < 1.29 is 14.3 Å². The fraction of sp³-hybridized carbons (Fsp3) is 0.160. The van der Waals surface area contributed by atoms with Crippen molar-refractivity contribution in [1.82, 2.24) is 4.98 Å². The van der Waals surface area contributed by atoms with Crippen LogP contribution >= 0.6 is 11.3 Å². The molecule has 4 aromatic rings. The van der Waals surface area contributed by atoms with Gasteiger partial charge >= 0.3 is 0 Å². The second kappa shape index (κ2) is 9.20. The summed E-state index contributed by atoms with van der Waals surface area (Å²) in [6, 6.07) is 19.3. The maximum absolute atomic E-state index is 12.8. The Hall–Kier alpha value is -3.71. The first kappa shape index (κ1) is 21.5. The first-order chi connectivity index (χ1) is 15.4. The summed E-state index contributed by atoms with van der Waals surface area (Å²) in [5.74, 6) is 0.252. The van der Waals surface area contributed by atoms with Crippen LogP contribution in [0.15, 0.2) is 66.0 Å². The molecule has 0 fully saturated rings. The van der Waals surface area contributed by atoms with Gasteiger partial charge in [-0.05, 0) is 47.5 Å². The molecule has 6 nitrogen and oxygen atoms in total. The summed E-state index contributed by atoms with van der Waals surface area (Å²) in [7, 11) is 1.65. The maximum Gasteiger partial charge on any atom is 0.233 e. The highest BCUT2D eigenvalue weighted by Gasteiger charge is 2.17. The van der Waals surface area contributed by atoms with Gasteiger partial charge in [0.15, 0.2) is 5.13 Å². The zero-order chi connectivity index (χ0) is 22.7. The number of fused-ring (bicyclic) bond motifs is 1. The van der Waals surface area contributed by atoms with Crippen molar-refractivity contribution in [2.75, 3.05) is 17.7 Å². The van der Waals surface area contributed by atoms with Gasteiger partial charge in [0.1, 0.15) is 5.75 Å². The lowest BCUT2D eigenvalue weighted by Crippen LogP contribution is -2.18. The van der Waals surface area contributed by atoms with Gasteiger partial charge < -0.3 is 15.4 Å². The molecule has 2 N–H and O–H groups in total. The summed E-state index contributed by atoms with van der Waals surface area (Å²) in [5.41, 5.74) is 3.35. The predicted octanol–water partition coefficient (Wildman–Crippen LogP) is 5.67. The van der Waals surface area contributed by atoms with Gasteiger partial charge in [0.05, 0.1) is 18.7 Å². The molecule has 0 aliphatic carbocycles. The third-order valence-corrected chi connectivity index (χ3v) is 5.96. The summed E-state index contributed by atoms with van der Waals surface area (Å²) in [6.45, 7) is 3.36. The topological polar surface area (TPSA) is 80.3 Å². The first-order valence-electron chi connectivity index (χ1n) is 10.1. The summed E-state index contributed by atoms with van der Waals surface area (Å²) in [4.78, 5) is 28.5.